The quantitative estimate of drug-likeness (QED) is 0.940. The first-order valence-corrected chi connectivity index (χ1v) is 7.50. The molecule has 0 saturated carbocycles. The standard InChI is InChI=1S/C17H21N3O2/c1-11-6-16(18-2)20-17(19-11)8-12-7-13-4-5-14(21-3)9-15(13)22-10-12/h4-6,9,12H,7-8,10H2,1-3H3,(H,18,19,20)/t12-/m0/s1. The number of anilines is 1. The second-order valence-corrected chi connectivity index (χ2v) is 5.62. The van der Waals surface area contributed by atoms with E-state index in [1.54, 1.807) is 7.11 Å². The van der Waals surface area contributed by atoms with E-state index in [-0.39, 0.29) is 0 Å². The highest BCUT2D eigenvalue weighted by atomic mass is 16.5. The second kappa shape index (κ2) is 6.22. The van der Waals surface area contributed by atoms with Crippen LogP contribution in [0.4, 0.5) is 5.82 Å². The minimum absolute atomic E-state index is 0.396. The minimum Gasteiger partial charge on any atom is -0.497 e. The number of methoxy groups -OCH3 is 1. The largest absolute Gasteiger partial charge is 0.497 e. The van der Waals surface area contributed by atoms with Crippen molar-refractivity contribution in [2.75, 3.05) is 26.1 Å². The molecule has 1 aliphatic rings. The van der Waals surface area contributed by atoms with Crippen molar-refractivity contribution in [3.05, 3.63) is 41.3 Å². The van der Waals surface area contributed by atoms with Crippen LogP contribution in [0.5, 0.6) is 11.5 Å². The molecular weight excluding hydrogens is 278 g/mol. The zero-order valence-corrected chi connectivity index (χ0v) is 13.2. The fourth-order valence-corrected chi connectivity index (χ4v) is 2.78. The maximum absolute atomic E-state index is 5.89. The summed E-state index contributed by atoms with van der Waals surface area (Å²) < 4.78 is 11.1. The number of fused-ring (bicyclic) bond motifs is 1. The van der Waals surface area contributed by atoms with Gasteiger partial charge in [0.05, 0.1) is 13.7 Å². The van der Waals surface area contributed by atoms with Gasteiger partial charge in [-0.15, -0.1) is 0 Å². The molecule has 2 aromatic rings. The number of rotatable bonds is 4. The summed E-state index contributed by atoms with van der Waals surface area (Å²) in [6.07, 6.45) is 1.80. The van der Waals surface area contributed by atoms with E-state index in [1.807, 2.05) is 32.2 Å². The Hall–Kier alpha value is -2.30. The lowest BCUT2D eigenvalue weighted by atomic mass is 9.93. The van der Waals surface area contributed by atoms with Crippen LogP contribution in [-0.2, 0) is 12.8 Å². The fraction of sp³-hybridized carbons (Fsp3) is 0.412. The number of hydrogen-bond acceptors (Lipinski definition) is 5. The third-order valence-corrected chi connectivity index (χ3v) is 3.89. The fourth-order valence-electron chi connectivity index (χ4n) is 2.78. The Labute approximate surface area is 130 Å². The number of aromatic nitrogens is 2. The topological polar surface area (TPSA) is 56.3 Å². The predicted molar refractivity (Wildman–Crippen MR) is 85.7 cm³/mol. The first-order valence-electron chi connectivity index (χ1n) is 7.50. The molecule has 0 amide bonds. The summed E-state index contributed by atoms with van der Waals surface area (Å²) in [5.74, 6) is 3.89. The molecule has 116 valence electrons. The maximum atomic E-state index is 5.89. The van der Waals surface area contributed by atoms with Crippen LogP contribution in [0, 0.1) is 12.8 Å². The lowest BCUT2D eigenvalue weighted by Gasteiger charge is -2.25. The molecule has 5 heteroatoms. The zero-order valence-electron chi connectivity index (χ0n) is 13.2. The van der Waals surface area contributed by atoms with Crippen molar-refractivity contribution in [2.24, 2.45) is 5.92 Å². The number of hydrogen-bond donors (Lipinski definition) is 1. The Morgan fingerprint density at radius 1 is 1.32 bits per heavy atom. The van der Waals surface area contributed by atoms with Crippen molar-refractivity contribution in [1.82, 2.24) is 9.97 Å². The van der Waals surface area contributed by atoms with Gasteiger partial charge in [-0.2, -0.15) is 0 Å². The summed E-state index contributed by atoms with van der Waals surface area (Å²) in [4.78, 5) is 9.06. The van der Waals surface area contributed by atoms with Gasteiger partial charge in [-0.1, -0.05) is 6.07 Å². The Morgan fingerprint density at radius 2 is 2.18 bits per heavy atom. The molecule has 2 heterocycles. The van der Waals surface area contributed by atoms with Crippen molar-refractivity contribution in [3.63, 3.8) is 0 Å². The predicted octanol–water partition coefficient (Wildman–Crippen LogP) is 2.63. The zero-order chi connectivity index (χ0) is 15.5. The van der Waals surface area contributed by atoms with Gasteiger partial charge in [-0.25, -0.2) is 9.97 Å². The smallest absolute Gasteiger partial charge is 0.131 e. The monoisotopic (exact) mass is 299 g/mol. The number of aryl methyl sites for hydroxylation is 1. The highest BCUT2D eigenvalue weighted by Crippen LogP contribution is 2.31. The van der Waals surface area contributed by atoms with E-state index in [0.29, 0.717) is 12.5 Å². The van der Waals surface area contributed by atoms with E-state index in [1.165, 1.54) is 5.56 Å². The summed E-state index contributed by atoms with van der Waals surface area (Å²) in [6, 6.07) is 7.96. The van der Waals surface area contributed by atoms with Crippen molar-refractivity contribution in [2.45, 2.75) is 19.8 Å². The van der Waals surface area contributed by atoms with Crippen LogP contribution in [0.15, 0.2) is 24.3 Å². The molecule has 22 heavy (non-hydrogen) atoms. The van der Waals surface area contributed by atoms with Crippen LogP contribution in [0.3, 0.4) is 0 Å². The van der Waals surface area contributed by atoms with Gasteiger partial charge in [-0.3, -0.25) is 0 Å². The third kappa shape index (κ3) is 3.13. The Morgan fingerprint density at radius 3 is 2.95 bits per heavy atom. The number of nitrogens with zero attached hydrogens (tertiary/aromatic N) is 2. The van der Waals surface area contributed by atoms with Gasteiger partial charge in [0.15, 0.2) is 0 Å². The molecule has 0 saturated heterocycles. The number of benzene rings is 1. The van der Waals surface area contributed by atoms with Gasteiger partial charge in [0, 0.05) is 37.2 Å². The molecule has 1 atom stereocenters. The van der Waals surface area contributed by atoms with Crippen LogP contribution in [-0.4, -0.2) is 30.7 Å². The molecule has 0 spiro atoms. The highest BCUT2D eigenvalue weighted by Gasteiger charge is 2.22. The molecule has 1 aliphatic heterocycles. The first-order chi connectivity index (χ1) is 10.7. The summed E-state index contributed by atoms with van der Waals surface area (Å²) in [6.45, 7) is 2.68. The summed E-state index contributed by atoms with van der Waals surface area (Å²) in [5, 5.41) is 3.08. The van der Waals surface area contributed by atoms with Gasteiger partial charge >= 0.3 is 0 Å². The molecule has 0 aliphatic carbocycles. The molecule has 3 rings (SSSR count). The van der Waals surface area contributed by atoms with E-state index < -0.39 is 0 Å². The summed E-state index contributed by atoms with van der Waals surface area (Å²) in [7, 11) is 3.54. The molecule has 1 aromatic carbocycles. The molecule has 0 bridgehead atoms. The summed E-state index contributed by atoms with van der Waals surface area (Å²) >= 11 is 0. The van der Waals surface area contributed by atoms with Crippen LogP contribution in [0.2, 0.25) is 0 Å². The Kier molecular flexibility index (Phi) is 4.13. The van der Waals surface area contributed by atoms with Gasteiger partial charge in [0.25, 0.3) is 0 Å². The van der Waals surface area contributed by atoms with E-state index in [4.69, 9.17) is 9.47 Å². The highest BCUT2D eigenvalue weighted by molar-refractivity contribution is 5.42. The van der Waals surface area contributed by atoms with Crippen LogP contribution >= 0.6 is 0 Å². The lowest BCUT2D eigenvalue weighted by molar-refractivity contribution is 0.218. The van der Waals surface area contributed by atoms with Gasteiger partial charge in [0.2, 0.25) is 0 Å². The van der Waals surface area contributed by atoms with Crippen molar-refractivity contribution in [1.29, 1.82) is 0 Å². The van der Waals surface area contributed by atoms with Crippen molar-refractivity contribution >= 4 is 5.82 Å². The lowest BCUT2D eigenvalue weighted by Crippen LogP contribution is -2.23. The molecule has 5 nitrogen and oxygen atoms in total. The van der Waals surface area contributed by atoms with Gasteiger partial charge in [-0.05, 0) is 25.0 Å². The van der Waals surface area contributed by atoms with E-state index in [2.05, 4.69) is 21.4 Å². The molecule has 0 unspecified atom stereocenters. The summed E-state index contributed by atoms with van der Waals surface area (Å²) in [5.41, 5.74) is 2.20. The van der Waals surface area contributed by atoms with Crippen LogP contribution in [0.1, 0.15) is 17.1 Å². The van der Waals surface area contributed by atoms with Crippen molar-refractivity contribution in [3.8, 4) is 11.5 Å². The minimum atomic E-state index is 0.396. The van der Waals surface area contributed by atoms with E-state index >= 15 is 0 Å². The maximum Gasteiger partial charge on any atom is 0.131 e. The SMILES string of the molecule is CNc1cc(C)nc(C[C@H]2COc3cc(OC)ccc3C2)n1. The third-order valence-electron chi connectivity index (χ3n) is 3.89. The van der Waals surface area contributed by atoms with Crippen molar-refractivity contribution < 1.29 is 9.47 Å². The molecule has 0 fully saturated rings. The van der Waals surface area contributed by atoms with Crippen LogP contribution in [0.25, 0.3) is 0 Å². The van der Waals surface area contributed by atoms with Crippen LogP contribution < -0.4 is 14.8 Å². The molecular formula is C17H21N3O2. The Bertz CT molecular complexity index is 673. The second-order valence-electron chi connectivity index (χ2n) is 5.62. The first kappa shape index (κ1) is 14.6. The average molecular weight is 299 g/mol. The number of nitrogens with one attached hydrogen (secondary N) is 1. The molecule has 1 aromatic heterocycles. The van der Waals surface area contributed by atoms with Gasteiger partial charge in [0.1, 0.15) is 23.1 Å². The Balaban J connectivity index is 1.74. The van der Waals surface area contributed by atoms with Gasteiger partial charge < -0.3 is 14.8 Å². The average Bonchev–Trinajstić information content (AvgIpc) is 2.53. The molecule has 0 radical (unpaired) electrons. The van der Waals surface area contributed by atoms with E-state index in [9.17, 15) is 0 Å². The van der Waals surface area contributed by atoms with E-state index in [0.717, 1.165) is 41.7 Å². The molecule has 1 N–H and O–H groups in total. The normalized spacial score (nSPS) is 16.6. The number of ether oxygens (including phenoxy) is 2.